The predicted octanol–water partition coefficient (Wildman–Crippen LogP) is 2.33. The molecular weight excluding hydrogens is 325 g/mol. The highest BCUT2D eigenvalue weighted by atomic mass is 19.4. The van der Waals surface area contributed by atoms with E-state index >= 15 is 0 Å². The van der Waals surface area contributed by atoms with Gasteiger partial charge in [-0.05, 0) is 24.6 Å². The Balaban J connectivity index is 2.04. The van der Waals surface area contributed by atoms with Gasteiger partial charge in [-0.3, -0.25) is 14.5 Å². The predicted molar refractivity (Wildman–Crippen MR) is 80.6 cm³/mol. The zero-order valence-electron chi connectivity index (χ0n) is 13.2. The van der Waals surface area contributed by atoms with E-state index in [0.29, 0.717) is 32.6 Å². The molecule has 0 bridgehead atoms. The number of benzene rings is 1. The number of carboxylic acids is 1. The lowest BCUT2D eigenvalue weighted by molar-refractivity contribution is -0.144. The molecule has 1 amide bonds. The first-order chi connectivity index (χ1) is 11.2. The lowest BCUT2D eigenvalue weighted by Crippen LogP contribution is -2.53. The SMILES string of the molecule is CC[C@@H](C(=O)O)N1CCN(C(=O)c2cccc(C(F)(F)F)c2)CC1. The number of hydrogen-bond donors (Lipinski definition) is 1. The third kappa shape index (κ3) is 4.05. The number of hydrogen-bond acceptors (Lipinski definition) is 3. The second-order valence-corrected chi connectivity index (χ2v) is 5.67. The maximum absolute atomic E-state index is 12.7. The Hall–Kier alpha value is -2.09. The first kappa shape index (κ1) is 18.3. The Morgan fingerprint density at radius 2 is 1.83 bits per heavy atom. The topological polar surface area (TPSA) is 60.9 Å². The van der Waals surface area contributed by atoms with Gasteiger partial charge in [-0.15, -0.1) is 0 Å². The molecule has 1 aromatic carbocycles. The second kappa shape index (κ2) is 7.21. The van der Waals surface area contributed by atoms with E-state index in [1.165, 1.54) is 17.0 Å². The Labute approximate surface area is 137 Å². The summed E-state index contributed by atoms with van der Waals surface area (Å²) in [6.07, 6.45) is -4.04. The third-order valence-electron chi connectivity index (χ3n) is 4.15. The smallest absolute Gasteiger partial charge is 0.416 e. The highest BCUT2D eigenvalue weighted by Gasteiger charge is 2.32. The average molecular weight is 344 g/mol. The maximum Gasteiger partial charge on any atom is 0.416 e. The fraction of sp³-hybridized carbons (Fsp3) is 0.500. The summed E-state index contributed by atoms with van der Waals surface area (Å²) in [6.45, 7) is 3.13. The minimum absolute atomic E-state index is 0.0106. The highest BCUT2D eigenvalue weighted by molar-refractivity contribution is 5.94. The standard InChI is InChI=1S/C16H19F3N2O3/c1-2-13(15(23)24)20-6-8-21(9-7-20)14(22)11-4-3-5-12(10-11)16(17,18)19/h3-5,10,13H,2,6-9H2,1H3,(H,23,24)/t13-/m0/s1. The number of rotatable bonds is 4. The number of amides is 1. The number of aliphatic carboxylic acids is 1. The maximum atomic E-state index is 12.7. The lowest BCUT2D eigenvalue weighted by Gasteiger charge is -2.37. The molecule has 0 radical (unpaired) electrons. The molecule has 8 heteroatoms. The largest absolute Gasteiger partial charge is 0.480 e. The van der Waals surface area contributed by atoms with E-state index < -0.39 is 29.7 Å². The van der Waals surface area contributed by atoms with Gasteiger partial charge in [0.1, 0.15) is 6.04 Å². The minimum atomic E-state index is -4.50. The van der Waals surface area contributed by atoms with E-state index in [-0.39, 0.29) is 5.56 Å². The van der Waals surface area contributed by atoms with E-state index in [2.05, 4.69) is 0 Å². The van der Waals surface area contributed by atoms with Gasteiger partial charge in [0.15, 0.2) is 0 Å². The van der Waals surface area contributed by atoms with Crippen LogP contribution in [0.5, 0.6) is 0 Å². The third-order valence-corrected chi connectivity index (χ3v) is 4.15. The summed E-state index contributed by atoms with van der Waals surface area (Å²) in [7, 11) is 0. The molecule has 1 atom stereocenters. The molecule has 24 heavy (non-hydrogen) atoms. The van der Waals surface area contributed by atoms with Gasteiger partial charge in [0.25, 0.3) is 5.91 Å². The molecule has 1 aliphatic rings. The van der Waals surface area contributed by atoms with Gasteiger partial charge < -0.3 is 10.0 Å². The van der Waals surface area contributed by atoms with Crippen LogP contribution in [0.25, 0.3) is 0 Å². The molecule has 1 N–H and O–H groups in total. The summed E-state index contributed by atoms with van der Waals surface area (Å²) in [4.78, 5) is 26.8. The van der Waals surface area contributed by atoms with Crippen molar-refractivity contribution in [2.45, 2.75) is 25.6 Å². The van der Waals surface area contributed by atoms with Gasteiger partial charge in [-0.2, -0.15) is 13.2 Å². The Morgan fingerprint density at radius 3 is 2.33 bits per heavy atom. The van der Waals surface area contributed by atoms with Crippen molar-refractivity contribution < 1.29 is 27.9 Å². The molecule has 0 saturated carbocycles. The van der Waals surface area contributed by atoms with Gasteiger partial charge in [-0.25, -0.2) is 0 Å². The summed E-state index contributed by atoms with van der Waals surface area (Å²) < 4.78 is 38.2. The van der Waals surface area contributed by atoms with Crippen LogP contribution in [0.1, 0.15) is 29.3 Å². The van der Waals surface area contributed by atoms with Crippen molar-refractivity contribution in [3.63, 3.8) is 0 Å². The zero-order chi connectivity index (χ0) is 17.9. The average Bonchev–Trinajstić information content (AvgIpc) is 2.54. The summed E-state index contributed by atoms with van der Waals surface area (Å²) in [5.41, 5.74) is -0.868. The number of alkyl halides is 3. The van der Waals surface area contributed by atoms with E-state index in [1.54, 1.807) is 11.8 Å². The molecule has 1 saturated heterocycles. The van der Waals surface area contributed by atoms with Crippen LogP contribution in [0.4, 0.5) is 13.2 Å². The molecule has 0 unspecified atom stereocenters. The first-order valence-corrected chi connectivity index (χ1v) is 7.67. The molecule has 1 aromatic rings. The van der Waals surface area contributed by atoms with E-state index in [4.69, 9.17) is 5.11 Å². The summed E-state index contributed by atoms with van der Waals surface area (Å²) >= 11 is 0. The molecule has 132 valence electrons. The molecule has 0 aliphatic carbocycles. The van der Waals surface area contributed by atoms with Crippen molar-refractivity contribution >= 4 is 11.9 Å². The van der Waals surface area contributed by atoms with E-state index in [9.17, 15) is 22.8 Å². The molecule has 0 aromatic heterocycles. The molecule has 1 aliphatic heterocycles. The molecular formula is C16H19F3N2O3. The first-order valence-electron chi connectivity index (χ1n) is 7.67. The van der Waals surface area contributed by atoms with Crippen LogP contribution in [0.2, 0.25) is 0 Å². The van der Waals surface area contributed by atoms with Crippen LogP contribution in [-0.4, -0.2) is 59.0 Å². The van der Waals surface area contributed by atoms with Crippen molar-refractivity contribution in [1.29, 1.82) is 0 Å². The number of halogens is 3. The number of piperazine rings is 1. The number of carbonyl (C=O) groups is 2. The van der Waals surface area contributed by atoms with Crippen molar-refractivity contribution in [2.24, 2.45) is 0 Å². The van der Waals surface area contributed by atoms with Crippen LogP contribution in [0.3, 0.4) is 0 Å². The Morgan fingerprint density at radius 1 is 1.21 bits per heavy atom. The van der Waals surface area contributed by atoms with Gasteiger partial charge in [0.2, 0.25) is 0 Å². The molecule has 5 nitrogen and oxygen atoms in total. The molecule has 1 heterocycles. The van der Waals surface area contributed by atoms with E-state index in [1.807, 2.05) is 0 Å². The van der Waals surface area contributed by atoms with Crippen LogP contribution in [-0.2, 0) is 11.0 Å². The summed E-state index contributed by atoms with van der Waals surface area (Å²) in [6, 6.07) is 3.74. The van der Waals surface area contributed by atoms with Crippen molar-refractivity contribution in [3.8, 4) is 0 Å². The highest BCUT2D eigenvalue weighted by Crippen LogP contribution is 2.29. The minimum Gasteiger partial charge on any atom is -0.480 e. The molecule has 0 spiro atoms. The normalized spacial score (nSPS) is 17.6. The Bertz CT molecular complexity index is 611. The van der Waals surface area contributed by atoms with Crippen LogP contribution in [0, 0.1) is 0 Å². The Kier molecular flexibility index (Phi) is 5.48. The van der Waals surface area contributed by atoms with Gasteiger partial charge in [-0.1, -0.05) is 13.0 Å². The van der Waals surface area contributed by atoms with Gasteiger partial charge >= 0.3 is 12.1 Å². The van der Waals surface area contributed by atoms with Crippen LogP contribution < -0.4 is 0 Å². The van der Waals surface area contributed by atoms with Crippen LogP contribution >= 0.6 is 0 Å². The monoisotopic (exact) mass is 344 g/mol. The number of carboxylic acid groups (broad SMARTS) is 1. The summed E-state index contributed by atoms with van der Waals surface area (Å²) in [5, 5.41) is 9.16. The number of nitrogens with zero attached hydrogens (tertiary/aromatic N) is 2. The molecule has 2 rings (SSSR count). The van der Waals surface area contributed by atoms with Crippen molar-refractivity contribution in [1.82, 2.24) is 9.80 Å². The van der Waals surface area contributed by atoms with Gasteiger partial charge in [0.05, 0.1) is 5.56 Å². The fourth-order valence-electron chi connectivity index (χ4n) is 2.84. The second-order valence-electron chi connectivity index (χ2n) is 5.67. The van der Waals surface area contributed by atoms with Crippen molar-refractivity contribution in [2.75, 3.05) is 26.2 Å². The quantitative estimate of drug-likeness (QED) is 0.911. The zero-order valence-corrected chi connectivity index (χ0v) is 13.2. The van der Waals surface area contributed by atoms with E-state index in [0.717, 1.165) is 12.1 Å². The molecule has 1 fully saturated rings. The lowest BCUT2D eigenvalue weighted by atomic mass is 10.1. The summed E-state index contributed by atoms with van der Waals surface area (Å²) in [5.74, 6) is -1.38. The van der Waals surface area contributed by atoms with Gasteiger partial charge in [0, 0.05) is 31.7 Å². The van der Waals surface area contributed by atoms with Crippen LogP contribution in [0.15, 0.2) is 24.3 Å². The van der Waals surface area contributed by atoms with Crippen molar-refractivity contribution in [3.05, 3.63) is 35.4 Å². The fourth-order valence-corrected chi connectivity index (χ4v) is 2.84. The number of carbonyl (C=O) groups excluding carboxylic acids is 1.